The predicted molar refractivity (Wildman–Crippen MR) is 118 cm³/mol. The van der Waals surface area contributed by atoms with E-state index in [9.17, 15) is 10.0 Å². The molecule has 5 heteroatoms. The lowest BCUT2D eigenvalue weighted by molar-refractivity contribution is 0.425. The lowest BCUT2D eigenvalue weighted by atomic mass is 9.79. The van der Waals surface area contributed by atoms with E-state index in [2.05, 4.69) is 29.2 Å². The number of hydrogen-bond donors (Lipinski definition) is 2. The van der Waals surface area contributed by atoms with Crippen LogP contribution in [0.15, 0.2) is 101 Å². The molecule has 4 aromatic carbocycles. The summed E-state index contributed by atoms with van der Waals surface area (Å²) in [5.74, 6) is 0. The molecule has 0 radical (unpaired) electrons. The monoisotopic (exact) mass is 379 g/mol. The molecule has 0 aliphatic carbocycles. The Kier molecular flexibility index (Phi) is 4.32. The molecule has 0 unspecified atom stereocenters. The highest BCUT2D eigenvalue weighted by molar-refractivity contribution is 6.62. The number of hydrogen-bond acceptors (Lipinski definition) is 4. The fourth-order valence-electron chi connectivity index (χ4n) is 3.80. The standard InChI is InChI=1S/C24H18BNO3/c27-25(28)20-15-16-21(23-19-13-7-8-14-22(19)29-24(20)23)26(17-9-3-1-4-10-17)18-11-5-2-6-12-18/h1-16,27-28H. The van der Waals surface area contributed by atoms with Gasteiger partial charge in [0.1, 0.15) is 11.2 Å². The lowest BCUT2D eigenvalue weighted by Gasteiger charge is -2.26. The van der Waals surface area contributed by atoms with Crippen molar-refractivity contribution in [3.63, 3.8) is 0 Å². The Bertz CT molecular complexity index is 1240. The third kappa shape index (κ3) is 2.97. The number of furan rings is 1. The van der Waals surface area contributed by atoms with E-state index in [1.165, 1.54) is 0 Å². The van der Waals surface area contributed by atoms with Crippen molar-refractivity contribution < 1.29 is 14.5 Å². The Balaban J connectivity index is 1.88. The largest absolute Gasteiger partial charge is 0.492 e. The first-order valence-electron chi connectivity index (χ1n) is 9.44. The molecular weight excluding hydrogens is 361 g/mol. The minimum absolute atomic E-state index is 0.348. The zero-order valence-electron chi connectivity index (χ0n) is 15.6. The Morgan fingerprint density at radius 2 is 1.24 bits per heavy atom. The van der Waals surface area contributed by atoms with E-state index < -0.39 is 7.12 Å². The molecule has 0 atom stereocenters. The van der Waals surface area contributed by atoms with E-state index in [0.29, 0.717) is 16.6 Å². The smallest absolute Gasteiger partial charge is 0.456 e. The zero-order valence-corrected chi connectivity index (χ0v) is 15.6. The Labute approximate surface area is 168 Å². The summed E-state index contributed by atoms with van der Waals surface area (Å²) in [6.45, 7) is 0. The van der Waals surface area contributed by atoms with Crippen LogP contribution in [0.5, 0.6) is 0 Å². The summed E-state index contributed by atoms with van der Waals surface area (Å²) in [4.78, 5) is 2.15. The van der Waals surface area contributed by atoms with Gasteiger partial charge in [0.25, 0.3) is 0 Å². The third-order valence-electron chi connectivity index (χ3n) is 5.08. The highest BCUT2D eigenvalue weighted by Crippen LogP contribution is 2.41. The molecule has 0 bridgehead atoms. The summed E-state index contributed by atoms with van der Waals surface area (Å²) in [5, 5.41) is 21.6. The number of benzene rings is 4. The van der Waals surface area contributed by atoms with E-state index in [1.54, 1.807) is 6.07 Å². The van der Waals surface area contributed by atoms with Crippen LogP contribution in [-0.2, 0) is 0 Å². The van der Waals surface area contributed by atoms with Crippen molar-refractivity contribution in [3.05, 3.63) is 97.1 Å². The van der Waals surface area contributed by atoms with Crippen molar-refractivity contribution >= 4 is 51.6 Å². The molecule has 29 heavy (non-hydrogen) atoms. The minimum Gasteiger partial charge on any atom is -0.456 e. The Morgan fingerprint density at radius 1 is 0.655 bits per heavy atom. The van der Waals surface area contributed by atoms with Gasteiger partial charge in [-0.2, -0.15) is 0 Å². The second-order valence-corrected chi connectivity index (χ2v) is 6.86. The van der Waals surface area contributed by atoms with Gasteiger partial charge in [-0.25, -0.2) is 0 Å². The quantitative estimate of drug-likeness (QED) is 0.443. The summed E-state index contributed by atoms with van der Waals surface area (Å²) in [5.41, 5.74) is 4.45. The van der Waals surface area contributed by atoms with Gasteiger partial charge in [0.15, 0.2) is 0 Å². The van der Waals surface area contributed by atoms with Gasteiger partial charge in [-0.1, -0.05) is 60.7 Å². The molecule has 1 aromatic heterocycles. The fourth-order valence-corrected chi connectivity index (χ4v) is 3.80. The van der Waals surface area contributed by atoms with Gasteiger partial charge in [0.2, 0.25) is 0 Å². The molecular formula is C24H18BNO3. The first-order valence-corrected chi connectivity index (χ1v) is 9.44. The Hall–Kier alpha value is -3.54. The SMILES string of the molecule is OB(O)c1ccc(N(c2ccccc2)c2ccccc2)c2c1oc1ccccc12. The summed E-state index contributed by atoms with van der Waals surface area (Å²) in [7, 11) is -1.62. The van der Waals surface area contributed by atoms with Crippen LogP contribution in [0.2, 0.25) is 0 Å². The number of para-hydroxylation sites is 3. The van der Waals surface area contributed by atoms with Gasteiger partial charge in [-0.3, -0.25) is 0 Å². The molecule has 5 aromatic rings. The van der Waals surface area contributed by atoms with Crippen molar-refractivity contribution in [3.8, 4) is 0 Å². The van der Waals surface area contributed by atoms with Gasteiger partial charge >= 0.3 is 7.12 Å². The summed E-state index contributed by atoms with van der Waals surface area (Å²) in [6, 6.07) is 31.6. The van der Waals surface area contributed by atoms with E-state index >= 15 is 0 Å². The molecule has 0 spiro atoms. The van der Waals surface area contributed by atoms with E-state index in [4.69, 9.17) is 4.42 Å². The van der Waals surface area contributed by atoms with Crippen molar-refractivity contribution in [1.82, 2.24) is 0 Å². The van der Waals surface area contributed by atoms with Crippen LogP contribution in [-0.4, -0.2) is 17.2 Å². The molecule has 5 rings (SSSR count). The maximum atomic E-state index is 9.89. The van der Waals surface area contributed by atoms with Crippen LogP contribution >= 0.6 is 0 Å². The molecule has 0 saturated carbocycles. The highest BCUT2D eigenvalue weighted by atomic mass is 16.4. The van der Waals surface area contributed by atoms with Crippen LogP contribution in [0.3, 0.4) is 0 Å². The first kappa shape index (κ1) is 17.6. The molecule has 0 aliphatic rings. The van der Waals surface area contributed by atoms with Crippen LogP contribution in [0.1, 0.15) is 0 Å². The normalized spacial score (nSPS) is 11.1. The molecule has 0 amide bonds. The van der Waals surface area contributed by atoms with Gasteiger partial charge in [-0.15, -0.1) is 0 Å². The topological polar surface area (TPSA) is 56.8 Å². The number of nitrogens with zero attached hydrogens (tertiary/aromatic N) is 1. The average Bonchev–Trinajstić information content (AvgIpc) is 3.15. The first-order chi connectivity index (χ1) is 14.2. The molecule has 0 fully saturated rings. The average molecular weight is 379 g/mol. The summed E-state index contributed by atoms with van der Waals surface area (Å²) >= 11 is 0. The van der Waals surface area contributed by atoms with Crippen LogP contribution in [0.4, 0.5) is 17.1 Å². The van der Waals surface area contributed by atoms with Crippen molar-refractivity contribution in [1.29, 1.82) is 0 Å². The Morgan fingerprint density at radius 3 is 1.86 bits per heavy atom. The van der Waals surface area contributed by atoms with Crippen LogP contribution in [0.25, 0.3) is 21.9 Å². The molecule has 140 valence electrons. The lowest BCUT2D eigenvalue weighted by Crippen LogP contribution is -2.30. The number of anilines is 3. The summed E-state index contributed by atoms with van der Waals surface area (Å²) < 4.78 is 6.06. The molecule has 0 saturated heterocycles. The van der Waals surface area contributed by atoms with E-state index in [-0.39, 0.29) is 0 Å². The number of rotatable bonds is 4. The second-order valence-electron chi connectivity index (χ2n) is 6.86. The fraction of sp³-hybridized carbons (Fsp3) is 0. The van der Waals surface area contributed by atoms with Gasteiger partial charge in [0.05, 0.1) is 11.1 Å². The van der Waals surface area contributed by atoms with E-state index in [0.717, 1.165) is 27.8 Å². The van der Waals surface area contributed by atoms with Crippen molar-refractivity contribution in [2.75, 3.05) is 4.90 Å². The van der Waals surface area contributed by atoms with Crippen LogP contribution in [0, 0.1) is 0 Å². The highest BCUT2D eigenvalue weighted by Gasteiger charge is 2.24. The zero-order chi connectivity index (χ0) is 19.8. The van der Waals surface area contributed by atoms with Gasteiger partial charge in [0, 0.05) is 22.2 Å². The van der Waals surface area contributed by atoms with Crippen molar-refractivity contribution in [2.24, 2.45) is 0 Å². The van der Waals surface area contributed by atoms with Gasteiger partial charge in [-0.05, 0) is 36.4 Å². The van der Waals surface area contributed by atoms with E-state index in [1.807, 2.05) is 66.7 Å². The van der Waals surface area contributed by atoms with Crippen LogP contribution < -0.4 is 10.4 Å². The molecule has 1 heterocycles. The van der Waals surface area contributed by atoms with Gasteiger partial charge < -0.3 is 19.4 Å². The molecule has 0 aliphatic heterocycles. The third-order valence-corrected chi connectivity index (χ3v) is 5.08. The number of fused-ring (bicyclic) bond motifs is 3. The summed E-state index contributed by atoms with van der Waals surface area (Å²) in [6.07, 6.45) is 0. The molecule has 4 nitrogen and oxygen atoms in total. The molecule has 2 N–H and O–H groups in total. The maximum absolute atomic E-state index is 9.89. The minimum atomic E-state index is -1.62. The second kappa shape index (κ2) is 7.13. The maximum Gasteiger partial charge on any atom is 0.492 e. The predicted octanol–water partition coefficient (Wildman–Crippen LogP) is 4.74. The van der Waals surface area contributed by atoms with Crippen molar-refractivity contribution in [2.45, 2.75) is 0 Å².